The molecule has 0 saturated heterocycles. The van der Waals surface area contributed by atoms with Crippen LogP contribution in [0.3, 0.4) is 0 Å². The zero-order chi connectivity index (χ0) is 19.6. The van der Waals surface area contributed by atoms with E-state index in [4.69, 9.17) is 9.47 Å². The van der Waals surface area contributed by atoms with E-state index in [2.05, 4.69) is 69.8 Å². The number of hydrogen-bond donors (Lipinski definition) is 1. The number of benzene rings is 3. The molecule has 0 aromatic heterocycles. The van der Waals surface area contributed by atoms with E-state index in [1.165, 1.54) is 5.56 Å². The number of ether oxygens (including phenoxy) is 2. The number of nitrogens with one attached hydrogen (secondary N) is 1. The average molecular weight is 477 g/mol. The Bertz CT molecular complexity index is 860. The number of hydrogen-bond acceptors (Lipinski definition) is 3. The fraction of sp³-hybridized carbons (Fsp3) is 0.250. The van der Waals surface area contributed by atoms with Crippen LogP contribution in [0.5, 0.6) is 11.5 Å². The lowest BCUT2D eigenvalue weighted by molar-refractivity contribution is 0.267. The van der Waals surface area contributed by atoms with Gasteiger partial charge in [-0.1, -0.05) is 60.7 Å². The van der Waals surface area contributed by atoms with Crippen LogP contribution in [0.1, 0.15) is 23.6 Å². The molecule has 154 valence electrons. The minimum absolute atomic E-state index is 0. The lowest BCUT2D eigenvalue weighted by Crippen LogP contribution is -2.16. The van der Waals surface area contributed by atoms with Gasteiger partial charge in [0, 0.05) is 6.54 Å². The molecule has 0 amide bonds. The molecule has 5 heteroatoms. The Hall–Kier alpha value is -2.01. The summed E-state index contributed by atoms with van der Waals surface area (Å²) < 4.78 is 12.8. The van der Waals surface area contributed by atoms with E-state index in [9.17, 15) is 0 Å². The Morgan fingerprint density at radius 3 is 2.14 bits per heavy atom. The maximum Gasteiger partial charge on any atom is 0.175 e. The summed E-state index contributed by atoms with van der Waals surface area (Å²) in [5.41, 5.74) is 3.63. The van der Waals surface area contributed by atoms with Crippen LogP contribution in [0.4, 0.5) is 0 Å². The van der Waals surface area contributed by atoms with Gasteiger partial charge in [0.15, 0.2) is 11.5 Å². The van der Waals surface area contributed by atoms with Crippen LogP contribution in [0.2, 0.25) is 0 Å². The van der Waals surface area contributed by atoms with Gasteiger partial charge in [0.2, 0.25) is 0 Å². The molecule has 0 aliphatic heterocycles. The number of halogens is 2. The van der Waals surface area contributed by atoms with Crippen molar-refractivity contribution in [1.29, 1.82) is 0 Å². The second-order valence-electron chi connectivity index (χ2n) is 6.52. The van der Waals surface area contributed by atoms with Gasteiger partial charge in [-0.25, -0.2) is 0 Å². The molecule has 3 nitrogen and oxygen atoms in total. The molecule has 3 aromatic carbocycles. The zero-order valence-corrected chi connectivity index (χ0v) is 19.0. The van der Waals surface area contributed by atoms with Crippen LogP contribution in [0, 0.1) is 0 Å². The maximum absolute atomic E-state index is 6.05. The predicted octanol–water partition coefficient (Wildman–Crippen LogP) is 6.18. The topological polar surface area (TPSA) is 30.5 Å². The summed E-state index contributed by atoms with van der Waals surface area (Å²) in [7, 11) is 0. The Morgan fingerprint density at radius 1 is 0.828 bits per heavy atom. The van der Waals surface area contributed by atoms with E-state index in [0.29, 0.717) is 13.2 Å². The van der Waals surface area contributed by atoms with Gasteiger partial charge in [-0.15, -0.1) is 12.4 Å². The molecule has 0 bridgehead atoms. The van der Waals surface area contributed by atoms with Crippen molar-refractivity contribution < 1.29 is 9.47 Å². The zero-order valence-electron chi connectivity index (χ0n) is 16.6. The van der Waals surface area contributed by atoms with Crippen LogP contribution in [0.15, 0.2) is 77.3 Å². The van der Waals surface area contributed by atoms with Gasteiger partial charge in [-0.05, 0) is 64.6 Å². The van der Waals surface area contributed by atoms with Gasteiger partial charge < -0.3 is 14.8 Å². The van der Waals surface area contributed by atoms with Gasteiger partial charge in [0.05, 0.1) is 11.1 Å². The second kappa shape index (κ2) is 12.5. The molecule has 0 saturated carbocycles. The van der Waals surface area contributed by atoms with Crippen molar-refractivity contribution >= 4 is 28.3 Å². The normalized spacial score (nSPS) is 10.3. The molecule has 0 radical (unpaired) electrons. The molecule has 0 heterocycles. The fourth-order valence-electron chi connectivity index (χ4n) is 2.97. The van der Waals surface area contributed by atoms with E-state index >= 15 is 0 Å². The van der Waals surface area contributed by atoms with E-state index < -0.39 is 0 Å². The highest BCUT2D eigenvalue weighted by atomic mass is 79.9. The summed E-state index contributed by atoms with van der Waals surface area (Å²) in [6.45, 7) is 4.80. The highest BCUT2D eigenvalue weighted by Crippen LogP contribution is 2.37. The molecule has 0 unspecified atom stereocenters. The highest BCUT2D eigenvalue weighted by Gasteiger charge is 2.12. The van der Waals surface area contributed by atoms with Crippen LogP contribution < -0.4 is 14.8 Å². The SMILES string of the molecule is CCOc1cc(CNCCc2ccccc2)cc(Br)c1OCc1ccccc1.Cl. The third-order valence-electron chi connectivity index (χ3n) is 4.36. The molecule has 3 aromatic rings. The molecule has 0 aliphatic carbocycles. The summed E-state index contributed by atoms with van der Waals surface area (Å²) in [6, 6.07) is 24.8. The first-order chi connectivity index (χ1) is 13.8. The first-order valence-electron chi connectivity index (χ1n) is 9.63. The molecule has 3 rings (SSSR count). The van der Waals surface area contributed by atoms with E-state index in [1.807, 2.05) is 31.2 Å². The average Bonchev–Trinajstić information content (AvgIpc) is 2.72. The van der Waals surface area contributed by atoms with Crippen molar-refractivity contribution in [3.05, 3.63) is 94.0 Å². The minimum atomic E-state index is 0. The Balaban J connectivity index is 0.00000300. The number of rotatable bonds is 10. The van der Waals surface area contributed by atoms with E-state index in [1.54, 1.807) is 0 Å². The van der Waals surface area contributed by atoms with Crippen molar-refractivity contribution in [1.82, 2.24) is 5.32 Å². The first kappa shape index (κ1) is 23.3. The smallest absolute Gasteiger partial charge is 0.175 e. The van der Waals surface area contributed by atoms with Crippen molar-refractivity contribution in [2.75, 3.05) is 13.2 Å². The molecule has 0 atom stereocenters. The lowest BCUT2D eigenvalue weighted by Gasteiger charge is -2.16. The molecular weight excluding hydrogens is 450 g/mol. The van der Waals surface area contributed by atoms with Crippen molar-refractivity contribution in [3.63, 3.8) is 0 Å². The van der Waals surface area contributed by atoms with Crippen LogP contribution in [0.25, 0.3) is 0 Å². The lowest BCUT2D eigenvalue weighted by atomic mass is 10.1. The van der Waals surface area contributed by atoms with Gasteiger partial charge in [-0.2, -0.15) is 0 Å². The van der Waals surface area contributed by atoms with Crippen LogP contribution in [-0.4, -0.2) is 13.2 Å². The van der Waals surface area contributed by atoms with Crippen LogP contribution in [-0.2, 0) is 19.6 Å². The molecule has 29 heavy (non-hydrogen) atoms. The summed E-state index contributed by atoms with van der Waals surface area (Å²) in [5.74, 6) is 1.52. The van der Waals surface area contributed by atoms with Crippen molar-refractivity contribution in [3.8, 4) is 11.5 Å². The molecule has 0 spiro atoms. The summed E-state index contributed by atoms with van der Waals surface area (Å²) in [4.78, 5) is 0. The quantitative estimate of drug-likeness (QED) is 0.354. The Kier molecular flexibility index (Phi) is 10.1. The van der Waals surface area contributed by atoms with Gasteiger partial charge in [-0.3, -0.25) is 0 Å². The molecule has 0 fully saturated rings. The Morgan fingerprint density at radius 2 is 1.48 bits per heavy atom. The largest absolute Gasteiger partial charge is 0.490 e. The Labute approximate surface area is 188 Å². The summed E-state index contributed by atoms with van der Waals surface area (Å²) in [5, 5.41) is 3.51. The van der Waals surface area contributed by atoms with Gasteiger partial charge >= 0.3 is 0 Å². The third-order valence-corrected chi connectivity index (χ3v) is 4.95. The van der Waals surface area contributed by atoms with E-state index in [0.717, 1.165) is 46.6 Å². The summed E-state index contributed by atoms with van der Waals surface area (Å²) >= 11 is 3.65. The third kappa shape index (κ3) is 7.39. The monoisotopic (exact) mass is 475 g/mol. The molecule has 1 N–H and O–H groups in total. The first-order valence-corrected chi connectivity index (χ1v) is 10.4. The standard InChI is InChI=1S/C24H26BrNO2.ClH/c1-2-27-23-16-21(17-26-14-13-19-9-5-3-6-10-19)15-22(25)24(23)28-18-20-11-7-4-8-12-20;/h3-12,15-16,26H,2,13-14,17-18H2,1H3;1H. The molecular formula is C24H27BrClNO2. The highest BCUT2D eigenvalue weighted by molar-refractivity contribution is 9.10. The minimum Gasteiger partial charge on any atom is -0.490 e. The molecule has 0 aliphatic rings. The predicted molar refractivity (Wildman–Crippen MR) is 125 cm³/mol. The van der Waals surface area contributed by atoms with Crippen molar-refractivity contribution in [2.45, 2.75) is 26.5 Å². The van der Waals surface area contributed by atoms with Crippen molar-refractivity contribution in [2.24, 2.45) is 0 Å². The second-order valence-corrected chi connectivity index (χ2v) is 7.38. The van der Waals surface area contributed by atoms with Gasteiger partial charge in [0.25, 0.3) is 0 Å². The van der Waals surface area contributed by atoms with Gasteiger partial charge in [0.1, 0.15) is 6.61 Å². The maximum atomic E-state index is 6.05. The van der Waals surface area contributed by atoms with E-state index in [-0.39, 0.29) is 12.4 Å². The fourth-order valence-corrected chi connectivity index (χ4v) is 3.57. The summed E-state index contributed by atoms with van der Waals surface area (Å²) in [6.07, 6.45) is 1.01. The van der Waals surface area contributed by atoms with Crippen LogP contribution >= 0.6 is 28.3 Å².